The Hall–Kier alpha value is -1.69. The fraction of sp³-hybridized carbons (Fsp3) is 0.467. The van der Waals surface area contributed by atoms with E-state index in [0.717, 1.165) is 17.1 Å². The lowest BCUT2D eigenvalue weighted by atomic mass is 10.2. The van der Waals surface area contributed by atoms with Gasteiger partial charge in [-0.1, -0.05) is 0 Å². The molecule has 0 spiro atoms. The van der Waals surface area contributed by atoms with Crippen LogP contribution in [0.25, 0.3) is 0 Å². The molecular weight excluding hydrogens is 290 g/mol. The van der Waals surface area contributed by atoms with Gasteiger partial charge in [-0.15, -0.1) is 11.8 Å². The smallest absolute Gasteiger partial charge is 0.326 e. The van der Waals surface area contributed by atoms with Crippen LogP contribution in [0.4, 0.5) is 0 Å². The van der Waals surface area contributed by atoms with Crippen molar-refractivity contribution >= 4 is 23.6 Å². The number of hydrogen-bond donors (Lipinski definition) is 1. The molecule has 114 valence electrons. The van der Waals surface area contributed by atoms with Crippen LogP contribution in [0.5, 0.6) is 5.75 Å². The molecular formula is C15H19NO4S. The van der Waals surface area contributed by atoms with E-state index < -0.39 is 12.0 Å². The summed E-state index contributed by atoms with van der Waals surface area (Å²) in [7, 11) is 0. The molecule has 1 aliphatic rings. The number of hydrogen-bond acceptors (Lipinski definition) is 4. The zero-order valence-electron chi connectivity index (χ0n) is 11.9. The quantitative estimate of drug-likeness (QED) is 0.816. The Bertz CT molecular complexity index is 503. The van der Waals surface area contributed by atoms with Crippen molar-refractivity contribution in [2.75, 3.05) is 18.9 Å². The minimum Gasteiger partial charge on any atom is -0.494 e. The molecule has 0 aromatic heterocycles. The molecule has 1 saturated heterocycles. The third-order valence-electron chi connectivity index (χ3n) is 3.36. The number of nitrogens with zero attached hydrogens (tertiary/aromatic N) is 1. The van der Waals surface area contributed by atoms with E-state index >= 15 is 0 Å². The van der Waals surface area contributed by atoms with E-state index in [0.29, 0.717) is 19.6 Å². The minimum atomic E-state index is -0.910. The monoisotopic (exact) mass is 309 g/mol. The second-order valence-electron chi connectivity index (χ2n) is 4.78. The molecule has 0 bridgehead atoms. The van der Waals surface area contributed by atoms with Crippen LogP contribution < -0.4 is 4.74 Å². The predicted molar refractivity (Wildman–Crippen MR) is 80.7 cm³/mol. The van der Waals surface area contributed by atoms with Gasteiger partial charge in [0.2, 0.25) is 5.91 Å². The molecule has 0 saturated carbocycles. The van der Waals surface area contributed by atoms with E-state index in [1.807, 2.05) is 31.2 Å². The molecule has 1 aromatic rings. The van der Waals surface area contributed by atoms with Crippen molar-refractivity contribution in [3.05, 3.63) is 24.3 Å². The highest BCUT2D eigenvalue weighted by atomic mass is 32.2. The first-order valence-electron chi connectivity index (χ1n) is 6.99. The van der Waals surface area contributed by atoms with Crippen LogP contribution >= 0.6 is 11.8 Å². The zero-order chi connectivity index (χ0) is 15.2. The second kappa shape index (κ2) is 7.36. The van der Waals surface area contributed by atoms with E-state index in [1.54, 1.807) is 0 Å². The average molecular weight is 309 g/mol. The first-order chi connectivity index (χ1) is 10.1. The van der Waals surface area contributed by atoms with Gasteiger partial charge < -0.3 is 14.7 Å². The van der Waals surface area contributed by atoms with Crippen molar-refractivity contribution in [2.45, 2.75) is 30.7 Å². The summed E-state index contributed by atoms with van der Waals surface area (Å²) in [6.45, 7) is 3.09. The number of carboxylic acids is 1. The van der Waals surface area contributed by atoms with E-state index in [9.17, 15) is 9.59 Å². The summed E-state index contributed by atoms with van der Waals surface area (Å²) in [6.07, 6.45) is 1.31. The Kier molecular flexibility index (Phi) is 5.50. The predicted octanol–water partition coefficient (Wildman–Crippen LogP) is 2.25. The van der Waals surface area contributed by atoms with Crippen LogP contribution in [-0.2, 0) is 9.59 Å². The molecule has 2 rings (SSSR count). The van der Waals surface area contributed by atoms with E-state index in [-0.39, 0.29) is 11.7 Å². The molecule has 0 radical (unpaired) electrons. The summed E-state index contributed by atoms with van der Waals surface area (Å²) < 4.78 is 5.36. The molecule has 0 aliphatic carbocycles. The van der Waals surface area contributed by atoms with Crippen molar-refractivity contribution in [2.24, 2.45) is 0 Å². The fourth-order valence-corrected chi connectivity index (χ4v) is 3.13. The first kappa shape index (κ1) is 15.7. The standard InChI is InChI=1S/C15H19NO4S/c1-2-20-11-5-7-12(8-6-11)21-10-14(17)16-9-3-4-13(16)15(18)19/h5-8,13H,2-4,9-10H2,1H3,(H,18,19). The van der Waals surface area contributed by atoms with Gasteiger partial charge in [0.25, 0.3) is 0 Å². The molecule has 1 atom stereocenters. The molecule has 1 heterocycles. The lowest BCUT2D eigenvalue weighted by molar-refractivity contribution is -0.147. The Morgan fingerprint density at radius 1 is 1.38 bits per heavy atom. The van der Waals surface area contributed by atoms with Gasteiger partial charge in [-0.25, -0.2) is 4.79 Å². The van der Waals surface area contributed by atoms with Crippen molar-refractivity contribution < 1.29 is 19.4 Å². The Balaban J connectivity index is 1.87. The highest BCUT2D eigenvalue weighted by Gasteiger charge is 2.33. The van der Waals surface area contributed by atoms with Crippen LogP contribution in [0.15, 0.2) is 29.2 Å². The maximum absolute atomic E-state index is 12.1. The number of ether oxygens (including phenoxy) is 1. The molecule has 1 unspecified atom stereocenters. The molecule has 1 amide bonds. The third kappa shape index (κ3) is 4.14. The first-order valence-corrected chi connectivity index (χ1v) is 7.98. The summed E-state index contributed by atoms with van der Waals surface area (Å²) in [6, 6.07) is 6.89. The third-order valence-corrected chi connectivity index (χ3v) is 4.35. The SMILES string of the molecule is CCOc1ccc(SCC(=O)N2CCCC2C(=O)O)cc1. The normalized spacial score (nSPS) is 17.8. The lowest BCUT2D eigenvalue weighted by Gasteiger charge is -2.21. The number of aliphatic carboxylic acids is 1. The number of carbonyl (C=O) groups excluding carboxylic acids is 1. The van der Waals surface area contributed by atoms with Gasteiger partial charge >= 0.3 is 5.97 Å². The topological polar surface area (TPSA) is 66.8 Å². The van der Waals surface area contributed by atoms with Crippen molar-refractivity contribution in [3.63, 3.8) is 0 Å². The molecule has 1 fully saturated rings. The van der Waals surface area contributed by atoms with E-state index in [1.165, 1.54) is 16.7 Å². The Labute approximate surface area is 128 Å². The maximum Gasteiger partial charge on any atom is 0.326 e. The molecule has 21 heavy (non-hydrogen) atoms. The van der Waals surface area contributed by atoms with Crippen molar-refractivity contribution in [1.29, 1.82) is 0 Å². The number of likely N-dealkylation sites (tertiary alicyclic amines) is 1. The average Bonchev–Trinajstić information content (AvgIpc) is 2.96. The second-order valence-corrected chi connectivity index (χ2v) is 5.83. The van der Waals surface area contributed by atoms with Gasteiger partial charge in [0.1, 0.15) is 11.8 Å². The molecule has 6 heteroatoms. The van der Waals surface area contributed by atoms with Crippen molar-refractivity contribution in [3.8, 4) is 5.75 Å². The molecule has 1 aromatic carbocycles. The summed E-state index contributed by atoms with van der Waals surface area (Å²) in [4.78, 5) is 25.6. The van der Waals surface area contributed by atoms with Crippen LogP contribution in [0.3, 0.4) is 0 Å². The van der Waals surface area contributed by atoms with Crippen LogP contribution in [0.1, 0.15) is 19.8 Å². The summed E-state index contributed by atoms with van der Waals surface area (Å²) in [5.74, 6) is 0.0435. The molecule has 1 N–H and O–H groups in total. The van der Waals surface area contributed by atoms with Crippen LogP contribution in [0.2, 0.25) is 0 Å². The summed E-state index contributed by atoms with van der Waals surface area (Å²) in [5.41, 5.74) is 0. The van der Waals surface area contributed by atoms with Crippen LogP contribution in [-0.4, -0.2) is 46.8 Å². The highest BCUT2D eigenvalue weighted by Crippen LogP contribution is 2.24. The van der Waals surface area contributed by atoms with Gasteiger partial charge in [0.15, 0.2) is 0 Å². The minimum absolute atomic E-state index is 0.112. The van der Waals surface area contributed by atoms with Gasteiger partial charge in [0, 0.05) is 11.4 Å². The summed E-state index contributed by atoms with van der Waals surface area (Å²) >= 11 is 1.42. The number of rotatable bonds is 6. The lowest BCUT2D eigenvalue weighted by Crippen LogP contribution is -2.41. The maximum atomic E-state index is 12.1. The van der Waals surface area contributed by atoms with Gasteiger partial charge in [-0.05, 0) is 44.0 Å². The number of carbonyl (C=O) groups is 2. The van der Waals surface area contributed by atoms with E-state index in [4.69, 9.17) is 9.84 Å². The van der Waals surface area contributed by atoms with Crippen molar-refractivity contribution in [1.82, 2.24) is 4.90 Å². The number of benzene rings is 1. The largest absolute Gasteiger partial charge is 0.494 e. The molecule has 1 aliphatic heterocycles. The highest BCUT2D eigenvalue weighted by molar-refractivity contribution is 8.00. The fourth-order valence-electron chi connectivity index (χ4n) is 2.35. The van der Waals surface area contributed by atoms with Gasteiger partial charge in [-0.2, -0.15) is 0 Å². The van der Waals surface area contributed by atoms with Crippen LogP contribution in [0, 0.1) is 0 Å². The van der Waals surface area contributed by atoms with Gasteiger partial charge in [0.05, 0.1) is 12.4 Å². The van der Waals surface area contributed by atoms with Gasteiger partial charge in [-0.3, -0.25) is 4.79 Å². The molecule has 5 nitrogen and oxygen atoms in total. The number of thioether (sulfide) groups is 1. The number of carboxylic acid groups (broad SMARTS) is 1. The Morgan fingerprint density at radius 2 is 2.10 bits per heavy atom. The number of amides is 1. The Morgan fingerprint density at radius 3 is 2.71 bits per heavy atom. The van der Waals surface area contributed by atoms with E-state index in [2.05, 4.69) is 0 Å². The zero-order valence-corrected chi connectivity index (χ0v) is 12.8. The summed E-state index contributed by atoms with van der Waals surface area (Å²) in [5, 5.41) is 9.08.